The van der Waals surface area contributed by atoms with E-state index >= 15 is 0 Å². The van der Waals surface area contributed by atoms with Gasteiger partial charge in [0.25, 0.3) is 0 Å². The summed E-state index contributed by atoms with van der Waals surface area (Å²) in [7, 11) is 0. The fourth-order valence-electron chi connectivity index (χ4n) is 3.57. The minimum atomic E-state index is -0.297. The minimum Gasteiger partial charge on any atom is -0.454 e. The number of fused-ring (bicyclic) bond motifs is 2. The highest BCUT2D eigenvalue weighted by Crippen LogP contribution is 2.34. The molecule has 4 nitrogen and oxygen atoms in total. The zero-order valence-corrected chi connectivity index (χ0v) is 14.3. The zero-order valence-electron chi connectivity index (χ0n) is 14.3. The third-order valence-electron chi connectivity index (χ3n) is 4.99. The van der Waals surface area contributed by atoms with E-state index in [2.05, 4.69) is 19.6 Å². The Kier molecular flexibility index (Phi) is 4.74. The van der Waals surface area contributed by atoms with E-state index < -0.39 is 0 Å². The number of esters is 2. The second-order valence-corrected chi connectivity index (χ2v) is 6.98. The van der Waals surface area contributed by atoms with Gasteiger partial charge < -0.3 is 9.47 Å². The Hall–Kier alpha value is -2.10. The van der Waals surface area contributed by atoms with Crippen molar-refractivity contribution < 1.29 is 19.1 Å². The van der Waals surface area contributed by atoms with E-state index in [0.29, 0.717) is 12.0 Å². The number of rotatable bonds is 0. The minimum absolute atomic E-state index is 0.0240. The zero-order chi connectivity index (χ0) is 17.3. The van der Waals surface area contributed by atoms with E-state index in [1.165, 1.54) is 5.57 Å². The van der Waals surface area contributed by atoms with Crippen LogP contribution in [0.2, 0.25) is 0 Å². The maximum absolute atomic E-state index is 11.9. The highest BCUT2D eigenvalue weighted by molar-refractivity contribution is 5.91. The van der Waals surface area contributed by atoms with Gasteiger partial charge in [-0.25, -0.2) is 9.59 Å². The number of ether oxygens (including phenoxy) is 2. The Balaban J connectivity index is 1.86. The van der Waals surface area contributed by atoms with Crippen LogP contribution in [0.5, 0.6) is 0 Å². The molecule has 24 heavy (non-hydrogen) atoms. The molecule has 1 saturated heterocycles. The molecule has 2 aliphatic heterocycles. The number of allylic oxidation sites excluding steroid dienone is 2. The van der Waals surface area contributed by atoms with Gasteiger partial charge in [-0.15, -0.1) is 0 Å². The van der Waals surface area contributed by atoms with Gasteiger partial charge >= 0.3 is 11.9 Å². The van der Waals surface area contributed by atoms with Crippen LogP contribution < -0.4 is 0 Å². The van der Waals surface area contributed by atoms with Crippen LogP contribution in [0.15, 0.2) is 47.1 Å². The molecule has 0 saturated carbocycles. The van der Waals surface area contributed by atoms with E-state index in [0.717, 1.165) is 36.8 Å². The van der Waals surface area contributed by atoms with Gasteiger partial charge in [-0.05, 0) is 51.7 Å². The Morgan fingerprint density at radius 3 is 2.62 bits per heavy atom. The Labute approximate surface area is 142 Å². The smallest absolute Gasteiger partial charge is 0.334 e. The molecule has 1 aliphatic carbocycles. The lowest BCUT2D eigenvalue weighted by Crippen LogP contribution is -2.16. The Bertz CT molecular complexity index is 665. The van der Waals surface area contributed by atoms with E-state index in [4.69, 9.17) is 9.47 Å². The van der Waals surface area contributed by atoms with Crippen molar-refractivity contribution in [1.82, 2.24) is 0 Å². The molecule has 1 fully saturated rings. The molecule has 4 heteroatoms. The maximum Gasteiger partial charge on any atom is 0.334 e. The maximum atomic E-state index is 11.9. The van der Waals surface area contributed by atoms with Crippen LogP contribution in [0.3, 0.4) is 0 Å². The van der Waals surface area contributed by atoms with Crippen LogP contribution in [-0.2, 0) is 19.1 Å². The molecule has 3 aliphatic rings. The number of hydrogen-bond donors (Lipinski definition) is 0. The van der Waals surface area contributed by atoms with Crippen LogP contribution in [-0.4, -0.2) is 24.1 Å². The van der Waals surface area contributed by atoms with Crippen molar-refractivity contribution in [2.24, 2.45) is 5.92 Å². The average Bonchev–Trinajstić information content (AvgIpc) is 2.97. The standard InChI is InChI=1S/C20H24O4/c1-12-5-4-6-15-11-16(23-20(15)22)9-13(2)10-18-17(8-7-12)14(3)19(21)24-18/h5,10-11,16-18H,3-4,6-9H2,1-2H3/b12-5?,13-10+/t16-,17-,18+/m0/s1. The summed E-state index contributed by atoms with van der Waals surface area (Å²) >= 11 is 0. The summed E-state index contributed by atoms with van der Waals surface area (Å²) in [5, 5.41) is 0. The lowest BCUT2D eigenvalue weighted by atomic mass is 9.89. The van der Waals surface area contributed by atoms with E-state index in [-0.39, 0.29) is 30.1 Å². The van der Waals surface area contributed by atoms with Crippen molar-refractivity contribution in [3.8, 4) is 0 Å². The van der Waals surface area contributed by atoms with Crippen molar-refractivity contribution in [1.29, 1.82) is 0 Å². The Morgan fingerprint density at radius 2 is 1.83 bits per heavy atom. The largest absolute Gasteiger partial charge is 0.454 e. The predicted molar refractivity (Wildman–Crippen MR) is 91.1 cm³/mol. The highest BCUT2D eigenvalue weighted by atomic mass is 16.6. The number of carbonyl (C=O) groups is 2. The third-order valence-corrected chi connectivity index (χ3v) is 4.99. The molecule has 0 amide bonds. The van der Waals surface area contributed by atoms with Gasteiger partial charge in [-0.3, -0.25) is 0 Å². The summed E-state index contributed by atoms with van der Waals surface area (Å²) in [6, 6.07) is 0. The molecule has 0 radical (unpaired) electrons. The second kappa shape index (κ2) is 6.80. The van der Waals surface area contributed by atoms with Gasteiger partial charge in [0.1, 0.15) is 12.2 Å². The predicted octanol–water partition coefficient (Wildman–Crippen LogP) is 3.79. The summed E-state index contributed by atoms with van der Waals surface area (Å²) in [6.07, 6.45) is 9.56. The lowest BCUT2D eigenvalue weighted by molar-refractivity contribution is -0.139. The molecule has 0 spiro atoms. The van der Waals surface area contributed by atoms with Crippen molar-refractivity contribution in [3.63, 3.8) is 0 Å². The van der Waals surface area contributed by atoms with E-state index in [9.17, 15) is 9.59 Å². The molecule has 0 N–H and O–H groups in total. The summed E-state index contributed by atoms with van der Waals surface area (Å²) in [5.41, 5.74) is 3.67. The molecule has 0 aromatic heterocycles. The van der Waals surface area contributed by atoms with Crippen LogP contribution in [0.1, 0.15) is 46.0 Å². The van der Waals surface area contributed by atoms with Crippen molar-refractivity contribution in [3.05, 3.63) is 47.1 Å². The highest BCUT2D eigenvalue weighted by Gasteiger charge is 2.37. The lowest BCUT2D eigenvalue weighted by Gasteiger charge is -2.16. The molecule has 0 unspecified atom stereocenters. The summed E-state index contributed by atoms with van der Waals surface area (Å²) in [5.74, 6) is -0.474. The molecular formula is C20H24O4. The fraction of sp³-hybridized carbons (Fsp3) is 0.500. The molecule has 0 aromatic rings. The average molecular weight is 328 g/mol. The van der Waals surface area contributed by atoms with Gasteiger partial charge in [-0.2, -0.15) is 0 Å². The monoisotopic (exact) mass is 328 g/mol. The first kappa shape index (κ1) is 16.7. The van der Waals surface area contributed by atoms with Gasteiger partial charge in [0.2, 0.25) is 0 Å². The van der Waals surface area contributed by atoms with Crippen LogP contribution in [0, 0.1) is 5.92 Å². The van der Waals surface area contributed by atoms with Crippen molar-refractivity contribution >= 4 is 11.9 Å². The molecule has 128 valence electrons. The summed E-state index contributed by atoms with van der Waals surface area (Å²) in [6.45, 7) is 8.00. The molecule has 2 heterocycles. The second-order valence-electron chi connectivity index (χ2n) is 6.98. The van der Waals surface area contributed by atoms with E-state index in [1.54, 1.807) is 0 Å². The Morgan fingerprint density at radius 1 is 1.04 bits per heavy atom. The fourth-order valence-corrected chi connectivity index (χ4v) is 3.57. The first-order chi connectivity index (χ1) is 11.4. The molecular weight excluding hydrogens is 304 g/mol. The van der Waals surface area contributed by atoms with Crippen LogP contribution >= 0.6 is 0 Å². The number of carbonyl (C=O) groups excluding carboxylic acids is 2. The third kappa shape index (κ3) is 3.53. The SMILES string of the molecule is C=C1C(=O)O[C@@H]2/C=C(\C)C[C@H]3C=C(CCC=C(C)CC[C@@H]12)C(=O)O3. The van der Waals surface area contributed by atoms with Gasteiger partial charge in [0, 0.05) is 23.5 Å². The number of hydrogen-bond acceptors (Lipinski definition) is 4. The molecule has 3 rings (SSSR count). The quantitative estimate of drug-likeness (QED) is 0.386. The van der Waals surface area contributed by atoms with Gasteiger partial charge in [-0.1, -0.05) is 23.8 Å². The van der Waals surface area contributed by atoms with Crippen molar-refractivity contribution in [2.75, 3.05) is 0 Å². The van der Waals surface area contributed by atoms with Gasteiger partial charge in [0.05, 0.1) is 0 Å². The van der Waals surface area contributed by atoms with Crippen LogP contribution in [0.25, 0.3) is 0 Å². The summed E-state index contributed by atoms with van der Waals surface area (Å²) < 4.78 is 10.9. The normalized spacial score (nSPS) is 33.5. The molecule has 0 aromatic carbocycles. The van der Waals surface area contributed by atoms with Gasteiger partial charge in [0.15, 0.2) is 0 Å². The first-order valence-corrected chi connectivity index (χ1v) is 8.58. The van der Waals surface area contributed by atoms with Crippen LogP contribution in [0.4, 0.5) is 0 Å². The molecule has 2 bridgehead atoms. The van der Waals surface area contributed by atoms with E-state index in [1.807, 2.05) is 19.1 Å². The van der Waals surface area contributed by atoms with Crippen molar-refractivity contribution in [2.45, 2.75) is 58.2 Å². The summed E-state index contributed by atoms with van der Waals surface area (Å²) in [4.78, 5) is 23.8. The first-order valence-electron chi connectivity index (χ1n) is 8.58. The topological polar surface area (TPSA) is 52.6 Å². The molecule has 3 atom stereocenters.